The van der Waals surface area contributed by atoms with E-state index in [0.717, 1.165) is 57.8 Å². The van der Waals surface area contributed by atoms with Crippen LogP contribution >= 0.6 is 35.3 Å². The highest BCUT2D eigenvalue weighted by Crippen LogP contribution is 2.25. The van der Waals surface area contributed by atoms with Gasteiger partial charge in [0.15, 0.2) is 5.96 Å². The molecule has 0 aliphatic carbocycles. The van der Waals surface area contributed by atoms with E-state index in [1.54, 1.807) is 0 Å². The zero-order valence-electron chi connectivity index (χ0n) is 17.9. The van der Waals surface area contributed by atoms with Crippen LogP contribution in [0.2, 0.25) is 0 Å². The number of morpholine rings is 1. The first-order valence-corrected chi connectivity index (χ1v) is 11.7. The van der Waals surface area contributed by atoms with Gasteiger partial charge in [0.25, 0.3) is 0 Å². The number of thiophene rings is 1. The Balaban J connectivity index is 0.00000300. The van der Waals surface area contributed by atoms with E-state index in [0.29, 0.717) is 6.04 Å². The van der Waals surface area contributed by atoms with Gasteiger partial charge in [0.2, 0.25) is 0 Å². The quantitative estimate of drug-likeness (QED) is 0.232. The van der Waals surface area contributed by atoms with Crippen molar-refractivity contribution in [3.63, 3.8) is 0 Å². The molecule has 8 heteroatoms. The SMILES string of the molecule is CN=C(NCCCN1CCCCC1C)NCC(c1cccs1)N1CCOCC1.I. The van der Waals surface area contributed by atoms with Crippen molar-refractivity contribution in [2.24, 2.45) is 4.99 Å². The number of aliphatic imine (C=N–C) groups is 1. The smallest absolute Gasteiger partial charge is 0.191 e. The lowest BCUT2D eigenvalue weighted by atomic mass is 10.0. The highest BCUT2D eigenvalue weighted by molar-refractivity contribution is 14.0. The van der Waals surface area contributed by atoms with E-state index in [2.05, 4.69) is 49.9 Å². The Morgan fingerprint density at radius 1 is 1.28 bits per heavy atom. The van der Waals surface area contributed by atoms with E-state index in [1.165, 1.54) is 37.2 Å². The van der Waals surface area contributed by atoms with Gasteiger partial charge in [0.1, 0.15) is 0 Å². The lowest BCUT2D eigenvalue weighted by Gasteiger charge is -2.34. The Bertz CT molecular complexity index is 580. The van der Waals surface area contributed by atoms with Crippen LogP contribution in [0.4, 0.5) is 0 Å². The van der Waals surface area contributed by atoms with Crippen molar-refractivity contribution < 1.29 is 4.74 Å². The molecule has 2 atom stereocenters. The number of nitrogens with zero attached hydrogens (tertiary/aromatic N) is 3. The Morgan fingerprint density at radius 2 is 2.10 bits per heavy atom. The predicted molar refractivity (Wildman–Crippen MR) is 134 cm³/mol. The summed E-state index contributed by atoms with van der Waals surface area (Å²) in [6.07, 6.45) is 5.25. The first-order chi connectivity index (χ1) is 13.8. The second-order valence-electron chi connectivity index (χ2n) is 7.79. The molecule has 0 radical (unpaired) electrons. The summed E-state index contributed by atoms with van der Waals surface area (Å²) >= 11 is 1.83. The van der Waals surface area contributed by atoms with Gasteiger partial charge in [0, 0.05) is 50.7 Å². The second-order valence-corrected chi connectivity index (χ2v) is 8.77. The van der Waals surface area contributed by atoms with Gasteiger partial charge < -0.3 is 20.3 Å². The Kier molecular flexibility index (Phi) is 11.8. The van der Waals surface area contributed by atoms with Crippen LogP contribution in [0.15, 0.2) is 22.5 Å². The topological polar surface area (TPSA) is 52.1 Å². The number of rotatable bonds is 8. The van der Waals surface area contributed by atoms with Crippen LogP contribution in [0.5, 0.6) is 0 Å². The molecule has 1 aromatic rings. The van der Waals surface area contributed by atoms with Gasteiger partial charge in [0.05, 0.1) is 19.3 Å². The maximum atomic E-state index is 5.54. The minimum Gasteiger partial charge on any atom is -0.379 e. The van der Waals surface area contributed by atoms with Gasteiger partial charge in [-0.15, -0.1) is 35.3 Å². The first-order valence-electron chi connectivity index (χ1n) is 10.8. The molecule has 0 amide bonds. The van der Waals surface area contributed by atoms with Gasteiger partial charge in [-0.05, 0) is 44.2 Å². The molecule has 2 aliphatic rings. The summed E-state index contributed by atoms with van der Waals surface area (Å²) in [5, 5.41) is 9.22. The third kappa shape index (κ3) is 7.97. The molecule has 2 N–H and O–H groups in total. The van der Waals surface area contributed by atoms with Gasteiger partial charge in [-0.25, -0.2) is 0 Å². The van der Waals surface area contributed by atoms with Gasteiger partial charge in [-0.2, -0.15) is 0 Å². The molecule has 2 unspecified atom stereocenters. The number of guanidine groups is 1. The molecular weight excluding hydrogens is 497 g/mol. The molecule has 3 heterocycles. The lowest BCUT2D eigenvalue weighted by molar-refractivity contribution is 0.0177. The fourth-order valence-electron chi connectivity index (χ4n) is 4.17. The van der Waals surface area contributed by atoms with Gasteiger partial charge in [-0.1, -0.05) is 12.5 Å². The van der Waals surface area contributed by atoms with E-state index in [9.17, 15) is 0 Å². The standard InChI is InChI=1S/C21H37N5OS.HI/c1-18-7-3-4-10-25(18)11-6-9-23-21(22-2)24-17-19(20-8-5-16-28-20)26-12-14-27-15-13-26;/h5,8,16,18-19H,3-4,6-7,9-15,17H2,1-2H3,(H2,22,23,24);1H. The van der Waals surface area contributed by atoms with Crippen LogP contribution in [-0.4, -0.2) is 81.3 Å². The summed E-state index contributed by atoms with van der Waals surface area (Å²) in [5.41, 5.74) is 0. The van der Waals surface area contributed by atoms with E-state index in [1.807, 2.05) is 18.4 Å². The number of nitrogens with one attached hydrogen (secondary N) is 2. The van der Waals surface area contributed by atoms with E-state index < -0.39 is 0 Å². The molecule has 2 fully saturated rings. The minimum atomic E-state index is 0. The molecule has 0 spiro atoms. The molecule has 166 valence electrons. The highest BCUT2D eigenvalue weighted by atomic mass is 127. The number of halogens is 1. The normalized spacial score (nSPS) is 22.7. The van der Waals surface area contributed by atoms with E-state index >= 15 is 0 Å². The first kappa shape index (κ1) is 24.8. The van der Waals surface area contributed by atoms with Crippen LogP contribution in [0.1, 0.15) is 43.5 Å². The van der Waals surface area contributed by atoms with Crippen molar-refractivity contribution in [3.8, 4) is 0 Å². The lowest BCUT2D eigenvalue weighted by Crippen LogP contribution is -2.46. The van der Waals surface area contributed by atoms with Crippen LogP contribution in [0.25, 0.3) is 0 Å². The zero-order chi connectivity index (χ0) is 19.6. The molecule has 0 aromatic carbocycles. The summed E-state index contributed by atoms with van der Waals surface area (Å²) in [6, 6.07) is 5.49. The fraction of sp³-hybridized carbons (Fsp3) is 0.762. The molecule has 2 saturated heterocycles. The summed E-state index contributed by atoms with van der Waals surface area (Å²) < 4.78 is 5.54. The van der Waals surface area contributed by atoms with Crippen molar-refractivity contribution in [3.05, 3.63) is 22.4 Å². The molecule has 3 rings (SSSR count). The van der Waals surface area contributed by atoms with Crippen molar-refractivity contribution in [1.29, 1.82) is 0 Å². The van der Waals surface area contributed by atoms with E-state index in [4.69, 9.17) is 4.74 Å². The number of hydrogen-bond donors (Lipinski definition) is 2. The minimum absolute atomic E-state index is 0. The van der Waals surface area contributed by atoms with Gasteiger partial charge in [-0.3, -0.25) is 9.89 Å². The molecule has 0 saturated carbocycles. The van der Waals surface area contributed by atoms with E-state index in [-0.39, 0.29) is 24.0 Å². The fourth-order valence-corrected chi connectivity index (χ4v) is 5.03. The number of hydrogen-bond acceptors (Lipinski definition) is 5. The maximum Gasteiger partial charge on any atom is 0.191 e. The Morgan fingerprint density at radius 3 is 2.79 bits per heavy atom. The van der Waals surface area contributed by atoms with Crippen molar-refractivity contribution in [2.45, 2.75) is 44.7 Å². The summed E-state index contributed by atoms with van der Waals surface area (Å²) in [6.45, 7) is 10.3. The average molecular weight is 536 g/mol. The maximum absolute atomic E-state index is 5.54. The van der Waals surface area contributed by atoms with Crippen molar-refractivity contribution in [2.75, 3.05) is 59.5 Å². The van der Waals surface area contributed by atoms with Crippen molar-refractivity contribution in [1.82, 2.24) is 20.4 Å². The third-order valence-electron chi connectivity index (χ3n) is 5.90. The summed E-state index contributed by atoms with van der Waals surface area (Å²) in [4.78, 5) is 11.0. The third-order valence-corrected chi connectivity index (χ3v) is 6.87. The summed E-state index contributed by atoms with van der Waals surface area (Å²) in [7, 11) is 1.86. The van der Waals surface area contributed by atoms with Crippen LogP contribution in [0.3, 0.4) is 0 Å². The largest absolute Gasteiger partial charge is 0.379 e. The summed E-state index contributed by atoms with van der Waals surface area (Å²) in [5.74, 6) is 0.904. The molecule has 2 aliphatic heterocycles. The number of likely N-dealkylation sites (tertiary alicyclic amines) is 1. The molecule has 6 nitrogen and oxygen atoms in total. The van der Waals surface area contributed by atoms with Crippen LogP contribution < -0.4 is 10.6 Å². The second kappa shape index (κ2) is 13.8. The van der Waals surface area contributed by atoms with Crippen molar-refractivity contribution >= 4 is 41.3 Å². The molecule has 0 bridgehead atoms. The number of piperidine rings is 1. The van der Waals surface area contributed by atoms with Crippen LogP contribution in [-0.2, 0) is 4.74 Å². The number of ether oxygens (including phenoxy) is 1. The van der Waals surface area contributed by atoms with Crippen LogP contribution in [0, 0.1) is 0 Å². The average Bonchev–Trinajstić information content (AvgIpc) is 3.26. The zero-order valence-corrected chi connectivity index (χ0v) is 21.1. The molecular formula is C21H38IN5OS. The molecule has 29 heavy (non-hydrogen) atoms. The Hall–Kier alpha value is -0.420. The Labute approximate surface area is 197 Å². The predicted octanol–water partition coefficient (Wildman–Crippen LogP) is 3.17. The monoisotopic (exact) mass is 535 g/mol. The highest BCUT2D eigenvalue weighted by Gasteiger charge is 2.23. The van der Waals surface area contributed by atoms with Gasteiger partial charge >= 0.3 is 0 Å². The molecule has 1 aromatic heterocycles.